The fraction of sp³-hybridized carbons (Fsp3) is 0.214. The van der Waals surface area contributed by atoms with Gasteiger partial charge in [-0.15, -0.1) is 0 Å². The molecule has 21 heavy (non-hydrogen) atoms. The van der Waals surface area contributed by atoms with Crippen molar-refractivity contribution in [1.82, 2.24) is 5.32 Å². The van der Waals surface area contributed by atoms with Crippen molar-refractivity contribution in [3.8, 4) is 5.75 Å². The predicted molar refractivity (Wildman–Crippen MR) is 72.8 cm³/mol. The standard InChI is InChI=1S/C14H12ClF2NO3/c15-12-6-5-11(21-12)13(19)18-8-7-9-1-3-10(4-2-9)20-14(16)17/h1-6,14H,7-8H2,(H,18,19). The molecule has 0 radical (unpaired) electrons. The molecule has 1 heterocycles. The highest BCUT2D eigenvalue weighted by Gasteiger charge is 2.09. The maximum Gasteiger partial charge on any atom is 0.387 e. The van der Waals surface area contributed by atoms with E-state index in [2.05, 4.69) is 10.1 Å². The van der Waals surface area contributed by atoms with Gasteiger partial charge in [0.05, 0.1) is 0 Å². The Kier molecular flexibility index (Phi) is 5.16. The zero-order valence-corrected chi connectivity index (χ0v) is 11.6. The number of rotatable bonds is 6. The van der Waals surface area contributed by atoms with Gasteiger partial charge in [-0.25, -0.2) is 0 Å². The first-order valence-corrected chi connectivity index (χ1v) is 6.49. The van der Waals surface area contributed by atoms with Crippen molar-refractivity contribution in [2.75, 3.05) is 6.54 Å². The molecule has 0 bridgehead atoms. The van der Waals surface area contributed by atoms with Crippen LogP contribution in [0, 0.1) is 0 Å². The molecule has 2 rings (SSSR count). The van der Waals surface area contributed by atoms with Crippen LogP contribution in [0.25, 0.3) is 0 Å². The second-order valence-electron chi connectivity index (χ2n) is 4.13. The Hall–Kier alpha value is -2.08. The third kappa shape index (κ3) is 4.75. The van der Waals surface area contributed by atoms with Crippen molar-refractivity contribution in [1.29, 1.82) is 0 Å². The summed E-state index contributed by atoms with van der Waals surface area (Å²) in [5, 5.41) is 2.81. The van der Waals surface area contributed by atoms with Crippen molar-refractivity contribution in [3.05, 3.63) is 52.9 Å². The summed E-state index contributed by atoms with van der Waals surface area (Å²) in [7, 11) is 0. The molecule has 1 amide bonds. The lowest BCUT2D eigenvalue weighted by Crippen LogP contribution is -2.25. The van der Waals surface area contributed by atoms with Crippen LogP contribution in [0.4, 0.5) is 8.78 Å². The van der Waals surface area contributed by atoms with Gasteiger partial charge < -0.3 is 14.5 Å². The van der Waals surface area contributed by atoms with E-state index >= 15 is 0 Å². The molecule has 1 aromatic heterocycles. The Morgan fingerprint density at radius 3 is 2.52 bits per heavy atom. The van der Waals surface area contributed by atoms with Gasteiger partial charge in [0.2, 0.25) is 0 Å². The van der Waals surface area contributed by atoms with Crippen LogP contribution in [-0.4, -0.2) is 19.1 Å². The Morgan fingerprint density at radius 2 is 1.95 bits per heavy atom. The van der Waals surface area contributed by atoms with E-state index in [4.69, 9.17) is 16.0 Å². The average Bonchev–Trinajstić information content (AvgIpc) is 2.87. The van der Waals surface area contributed by atoms with E-state index in [9.17, 15) is 13.6 Å². The van der Waals surface area contributed by atoms with Gasteiger partial charge in [0, 0.05) is 6.54 Å². The molecule has 4 nitrogen and oxygen atoms in total. The highest BCUT2D eigenvalue weighted by Crippen LogP contribution is 2.15. The van der Waals surface area contributed by atoms with Gasteiger partial charge in [-0.3, -0.25) is 4.79 Å². The number of benzene rings is 1. The number of carbonyl (C=O) groups excluding carboxylic acids is 1. The summed E-state index contributed by atoms with van der Waals surface area (Å²) in [5.74, 6) is -0.122. The third-order valence-electron chi connectivity index (χ3n) is 2.64. The van der Waals surface area contributed by atoms with Crippen LogP contribution in [-0.2, 0) is 6.42 Å². The molecule has 0 aliphatic heterocycles. The fourth-order valence-electron chi connectivity index (χ4n) is 1.68. The number of hydrogen-bond donors (Lipinski definition) is 1. The van der Waals surface area contributed by atoms with Gasteiger partial charge in [-0.2, -0.15) is 8.78 Å². The average molecular weight is 316 g/mol. The second kappa shape index (κ2) is 7.08. The number of nitrogens with one attached hydrogen (secondary N) is 1. The summed E-state index contributed by atoms with van der Waals surface area (Å²) >= 11 is 5.57. The Bertz CT molecular complexity index is 599. The molecule has 0 atom stereocenters. The van der Waals surface area contributed by atoms with Crippen molar-refractivity contribution in [2.24, 2.45) is 0 Å². The summed E-state index contributed by atoms with van der Waals surface area (Å²) < 4.78 is 33.2. The molecule has 1 aromatic carbocycles. The lowest BCUT2D eigenvalue weighted by molar-refractivity contribution is -0.0498. The zero-order chi connectivity index (χ0) is 15.2. The van der Waals surface area contributed by atoms with Crippen LogP contribution in [0.1, 0.15) is 16.1 Å². The van der Waals surface area contributed by atoms with Gasteiger partial charge in [0.1, 0.15) is 5.75 Å². The molecule has 2 aromatic rings. The van der Waals surface area contributed by atoms with E-state index in [-0.39, 0.29) is 22.6 Å². The van der Waals surface area contributed by atoms with Crippen molar-refractivity contribution in [2.45, 2.75) is 13.0 Å². The minimum Gasteiger partial charge on any atom is -0.440 e. The van der Waals surface area contributed by atoms with Gasteiger partial charge in [0.25, 0.3) is 5.91 Å². The fourth-order valence-corrected chi connectivity index (χ4v) is 1.83. The maximum atomic E-state index is 12.0. The molecule has 0 saturated heterocycles. The molecule has 1 N–H and O–H groups in total. The van der Waals surface area contributed by atoms with E-state index in [1.54, 1.807) is 12.1 Å². The number of halogens is 3. The molecular formula is C14H12ClF2NO3. The number of furan rings is 1. The highest BCUT2D eigenvalue weighted by atomic mass is 35.5. The topological polar surface area (TPSA) is 51.5 Å². The zero-order valence-electron chi connectivity index (χ0n) is 10.8. The normalized spacial score (nSPS) is 10.7. The summed E-state index contributed by atoms with van der Waals surface area (Å²) in [6.07, 6.45) is 0.551. The lowest BCUT2D eigenvalue weighted by atomic mass is 10.1. The minimum absolute atomic E-state index is 0.100. The van der Waals surface area contributed by atoms with Gasteiger partial charge in [-0.1, -0.05) is 12.1 Å². The molecule has 0 saturated carbocycles. The first-order chi connectivity index (χ1) is 10.0. The van der Waals surface area contributed by atoms with Crippen LogP contribution in [0.5, 0.6) is 5.75 Å². The van der Waals surface area contributed by atoms with Crippen molar-refractivity contribution < 1.29 is 22.7 Å². The molecule has 0 aliphatic rings. The van der Waals surface area contributed by atoms with Crippen LogP contribution in [0.3, 0.4) is 0 Å². The van der Waals surface area contributed by atoms with E-state index in [1.165, 1.54) is 24.3 Å². The number of hydrogen-bond acceptors (Lipinski definition) is 3. The van der Waals surface area contributed by atoms with Gasteiger partial charge in [-0.05, 0) is 47.9 Å². The van der Waals surface area contributed by atoms with E-state index in [0.29, 0.717) is 13.0 Å². The minimum atomic E-state index is -2.84. The molecule has 112 valence electrons. The molecular weight excluding hydrogens is 304 g/mol. The van der Waals surface area contributed by atoms with E-state index in [1.807, 2.05) is 0 Å². The number of alkyl halides is 2. The van der Waals surface area contributed by atoms with Crippen molar-refractivity contribution in [3.63, 3.8) is 0 Å². The largest absolute Gasteiger partial charge is 0.440 e. The molecule has 0 fully saturated rings. The summed E-state index contributed by atoms with van der Waals surface area (Å²) in [4.78, 5) is 11.7. The van der Waals surface area contributed by atoms with Gasteiger partial charge in [0.15, 0.2) is 11.0 Å². The quantitative estimate of drug-likeness (QED) is 0.887. The monoisotopic (exact) mass is 315 g/mol. The van der Waals surface area contributed by atoms with Crippen LogP contribution >= 0.6 is 11.6 Å². The maximum absolute atomic E-state index is 12.0. The first-order valence-electron chi connectivity index (χ1n) is 6.12. The predicted octanol–water partition coefficient (Wildman–Crippen LogP) is 3.51. The number of ether oxygens (including phenoxy) is 1. The second-order valence-corrected chi connectivity index (χ2v) is 4.50. The lowest BCUT2D eigenvalue weighted by Gasteiger charge is -2.06. The third-order valence-corrected chi connectivity index (χ3v) is 2.85. The summed E-state index contributed by atoms with van der Waals surface area (Å²) in [6.45, 7) is -2.46. The first kappa shape index (κ1) is 15.3. The molecule has 0 unspecified atom stereocenters. The Labute approximate surface area is 124 Å². The summed E-state index contributed by atoms with van der Waals surface area (Å²) in [5.41, 5.74) is 0.884. The summed E-state index contributed by atoms with van der Waals surface area (Å²) in [6, 6.07) is 9.19. The van der Waals surface area contributed by atoms with Gasteiger partial charge >= 0.3 is 6.61 Å². The highest BCUT2D eigenvalue weighted by molar-refractivity contribution is 6.29. The van der Waals surface area contributed by atoms with E-state index in [0.717, 1.165) is 5.56 Å². The van der Waals surface area contributed by atoms with Crippen molar-refractivity contribution >= 4 is 17.5 Å². The molecule has 0 aliphatic carbocycles. The number of amides is 1. The Morgan fingerprint density at radius 1 is 1.24 bits per heavy atom. The number of carbonyl (C=O) groups is 1. The van der Waals surface area contributed by atoms with E-state index < -0.39 is 6.61 Å². The Balaban J connectivity index is 1.79. The van der Waals surface area contributed by atoms with Crippen LogP contribution in [0.15, 0.2) is 40.8 Å². The van der Waals surface area contributed by atoms with Crippen LogP contribution < -0.4 is 10.1 Å². The van der Waals surface area contributed by atoms with Crippen LogP contribution in [0.2, 0.25) is 5.22 Å². The SMILES string of the molecule is O=C(NCCc1ccc(OC(F)F)cc1)c1ccc(Cl)o1. The molecule has 0 spiro atoms. The molecule has 7 heteroatoms. The smallest absolute Gasteiger partial charge is 0.387 e.